The number of hydrogen-bond donors (Lipinski definition) is 1. The summed E-state index contributed by atoms with van der Waals surface area (Å²) in [5.41, 5.74) is 1.07. The second kappa shape index (κ2) is 5.92. The van der Waals surface area contributed by atoms with Crippen LogP contribution in [0.25, 0.3) is 0 Å². The number of aliphatic hydroxyl groups excluding tert-OH is 1. The molecule has 6 heteroatoms. The molecule has 98 valence electrons. The van der Waals surface area contributed by atoms with Crippen molar-refractivity contribution < 1.29 is 14.8 Å². The highest BCUT2D eigenvalue weighted by molar-refractivity contribution is 5.40. The number of para-hydroxylation sites is 1. The van der Waals surface area contributed by atoms with Crippen molar-refractivity contribution in [3.8, 4) is 5.75 Å². The second-order valence-electron chi connectivity index (χ2n) is 3.82. The van der Waals surface area contributed by atoms with Gasteiger partial charge in [0.05, 0.1) is 23.3 Å². The number of nitro benzene ring substituents is 1. The van der Waals surface area contributed by atoms with Crippen molar-refractivity contribution >= 4 is 5.69 Å². The van der Waals surface area contributed by atoms with E-state index in [0.717, 1.165) is 0 Å². The molecule has 0 spiro atoms. The molecule has 0 radical (unpaired) electrons. The van der Waals surface area contributed by atoms with Gasteiger partial charge in [-0.15, -0.1) is 0 Å². The van der Waals surface area contributed by atoms with Crippen LogP contribution in [0.5, 0.6) is 5.75 Å². The average molecular weight is 260 g/mol. The van der Waals surface area contributed by atoms with Crippen LogP contribution in [-0.4, -0.2) is 15.0 Å². The Morgan fingerprint density at radius 2 is 2.05 bits per heavy atom. The molecular formula is C13H12N2O4. The molecule has 2 rings (SSSR count). The topological polar surface area (TPSA) is 85.5 Å². The van der Waals surface area contributed by atoms with Crippen LogP contribution in [0.3, 0.4) is 0 Å². The molecule has 0 aliphatic rings. The Labute approximate surface area is 109 Å². The van der Waals surface area contributed by atoms with E-state index in [1.807, 2.05) is 0 Å². The number of ether oxygens (including phenoxy) is 1. The van der Waals surface area contributed by atoms with Gasteiger partial charge in [0, 0.05) is 17.8 Å². The van der Waals surface area contributed by atoms with Gasteiger partial charge in [-0.1, -0.05) is 12.1 Å². The molecule has 0 saturated heterocycles. The van der Waals surface area contributed by atoms with E-state index in [-0.39, 0.29) is 18.9 Å². The van der Waals surface area contributed by atoms with Gasteiger partial charge >= 0.3 is 0 Å². The second-order valence-corrected chi connectivity index (χ2v) is 3.82. The third kappa shape index (κ3) is 3.05. The molecule has 1 N–H and O–H groups in total. The summed E-state index contributed by atoms with van der Waals surface area (Å²) >= 11 is 0. The van der Waals surface area contributed by atoms with Crippen LogP contribution in [0, 0.1) is 10.1 Å². The summed E-state index contributed by atoms with van der Waals surface area (Å²) in [6, 6.07) is 8.00. The maximum absolute atomic E-state index is 10.9. The minimum Gasteiger partial charge on any atom is -0.487 e. The molecule has 0 aliphatic heterocycles. The lowest BCUT2D eigenvalue weighted by Crippen LogP contribution is -2.02. The van der Waals surface area contributed by atoms with Crippen LogP contribution in [0.1, 0.15) is 11.1 Å². The van der Waals surface area contributed by atoms with Gasteiger partial charge in [-0.05, 0) is 12.1 Å². The standard InChI is InChI=1S/C13H12N2O4/c16-8-10-5-6-14-7-13(10)19-9-11-3-1-2-4-12(11)15(17)18/h1-7,16H,8-9H2. The SMILES string of the molecule is O=[N+]([O-])c1ccccc1COc1cnccc1CO. The van der Waals surface area contributed by atoms with Gasteiger partial charge in [0.1, 0.15) is 12.4 Å². The zero-order valence-corrected chi connectivity index (χ0v) is 10.0. The minimum atomic E-state index is -0.450. The van der Waals surface area contributed by atoms with E-state index in [2.05, 4.69) is 4.98 Å². The summed E-state index contributed by atoms with van der Waals surface area (Å²) in [4.78, 5) is 14.3. The monoisotopic (exact) mass is 260 g/mol. The molecule has 0 bridgehead atoms. The van der Waals surface area contributed by atoms with Crippen molar-refractivity contribution in [3.05, 3.63) is 64.0 Å². The Kier molecular flexibility index (Phi) is 4.04. The van der Waals surface area contributed by atoms with Gasteiger partial charge < -0.3 is 9.84 Å². The predicted octanol–water partition coefficient (Wildman–Crippen LogP) is 2.06. The fourth-order valence-corrected chi connectivity index (χ4v) is 1.64. The van der Waals surface area contributed by atoms with Crippen LogP contribution in [-0.2, 0) is 13.2 Å². The summed E-state index contributed by atoms with van der Waals surface area (Å²) in [5.74, 6) is 0.420. The Balaban J connectivity index is 2.17. The van der Waals surface area contributed by atoms with Crippen molar-refractivity contribution in [3.63, 3.8) is 0 Å². The fourth-order valence-electron chi connectivity index (χ4n) is 1.64. The van der Waals surface area contributed by atoms with Crippen LogP contribution in [0.15, 0.2) is 42.7 Å². The first-order chi connectivity index (χ1) is 9.22. The van der Waals surface area contributed by atoms with Crippen molar-refractivity contribution in [2.45, 2.75) is 13.2 Å². The lowest BCUT2D eigenvalue weighted by atomic mass is 10.2. The van der Waals surface area contributed by atoms with Crippen molar-refractivity contribution in [1.29, 1.82) is 0 Å². The number of benzene rings is 1. The van der Waals surface area contributed by atoms with Crippen LogP contribution in [0.4, 0.5) is 5.69 Å². The van der Waals surface area contributed by atoms with Crippen LogP contribution >= 0.6 is 0 Å². The highest BCUT2D eigenvalue weighted by Crippen LogP contribution is 2.22. The Hall–Kier alpha value is -2.47. The lowest BCUT2D eigenvalue weighted by molar-refractivity contribution is -0.385. The number of nitro groups is 1. The van der Waals surface area contributed by atoms with Gasteiger partial charge in [0.15, 0.2) is 0 Å². The highest BCUT2D eigenvalue weighted by Gasteiger charge is 2.13. The van der Waals surface area contributed by atoms with Gasteiger partial charge in [-0.2, -0.15) is 0 Å². The zero-order valence-electron chi connectivity index (χ0n) is 10.0. The van der Waals surface area contributed by atoms with Gasteiger partial charge in [-0.25, -0.2) is 0 Å². The molecule has 19 heavy (non-hydrogen) atoms. The minimum absolute atomic E-state index is 0.0111. The first-order valence-electron chi connectivity index (χ1n) is 5.61. The van der Waals surface area contributed by atoms with Crippen molar-refractivity contribution in [2.24, 2.45) is 0 Å². The van der Waals surface area contributed by atoms with E-state index in [4.69, 9.17) is 9.84 Å². The molecule has 1 aromatic heterocycles. The lowest BCUT2D eigenvalue weighted by Gasteiger charge is -2.09. The normalized spacial score (nSPS) is 10.2. The quantitative estimate of drug-likeness (QED) is 0.657. The number of pyridine rings is 1. The maximum Gasteiger partial charge on any atom is 0.276 e. The zero-order chi connectivity index (χ0) is 13.7. The van der Waals surface area contributed by atoms with E-state index >= 15 is 0 Å². The molecule has 0 saturated carbocycles. The molecular weight excluding hydrogens is 248 g/mol. The largest absolute Gasteiger partial charge is 0.487 e. The summed E-state index contributed by atoms with van der Waals surface area (Å²) in [7, 11) is 0. The molecule has 0 fully saturated rings. The Bertz CT molecular complexity index is 586. The first-order valence-corrected chi connectivity index (χ1v) is 5.61. The smallest absolute Gasteiger partial charge is 0.276 e. The molecule has 0 unspecified atom stereocenters. The summed E-state index contributed by atoms with van der Waals surface area (Å²) < 4.78 is 5.48. The number of hydrogen-bond acceptors (Lipinski definition) is 5. The number of nitrogens with zero attached hydrogens (tertiary/aromatic N) is 2. The van der Waals surface area contributed by atoms with Crippen molar-refractivity contribution in [1.82, 2.24) is 4.98 Å². The Morgan fingerprint density at radius 1 is 1.26 bits per heavy atom. The summed E-state index contributed by atoms with van der Waals surface area (Å²) in [5, 5.41) is 20.0. The van der Waals surface area contributed by atoms with Gasteiger partial charge in [0.2, 0.25) is 0 Å². The molecule has 1 heterocycles. The van der Waals surface area contributed by atoms with Gasteiger partial charge in [0.25, 0.3) is 5.69 Å². The number of rotatable bonds is 5. The predicted molar refractivity (Wildman–Crippen MR) is 67.6 cm³/mol. The number of aromatic nitrogens is 1. The van der Waals surface area contributed by atoms with Crippen molar-refractivity contribution in [2.75, 3.05) is 0 Å². The molecule has 1 aromatic carbocycles. The molecule has 0 aliphatic carbocycles. The molecule has 0 atom stereocenters. The Morgan fingerprint density at radius 3 is 2.79 bits per heavy atom. The third-order valence-corrected chi connectivity index (χ3v) is 2.61. The molecule has 0 amide bonds. The van der Waals surface area contributed by atoms with E-state index in [0.29, 0.717) is 16.9 Å². The van der Waals surface area contributed by atoms with E-state index in [9.17, 15) is 10.1 Å². The molecule has 6 nitrogen and oxygen atoms in total. The summed E-state index contributed by atoms with van der Waals surface area (Å²) in [6.07, 6.45) is 3.02. The molecule has 2 aromatic rings. The van der Waals surface area contributed by atoms with Crippen LogP contribution in [0.2, 0.25) is 0 Å². The van der Waals surface area contributed by atoms with Crippen LogP contribution < -0.4 is 4.74 Å². The van der Waals surface area contributed by atoms with E-state index in [1.165, 1.54) is 12.3 Å². The maximum atomic E-state index is 10.9. The van der Waals surface area contributed by atoms with E-state index < -0.39 is 4.92 Å². The fraction of sp³-hybridized carbons (Fsp3) is 0.154. The number of aliphatic hydroxyl groups is 1. The van der Waals surface area contributed by atoms with E-state index in [1.54, 1.807) is 30.5 Å². The first kappa shape index (κ1) is 13.0. The summed E-state index contributed by atoms with van der Waals surface area (Å²) in [6.45, 7) is -0.120. The van der Waals surface area contributed by atoms with Gasteiger partial charge in [-0.3, -0.25) is 15.1 Å². The highest BCUT2D eigenvalue weighted by atomic mass is 16.6. The average Bonchev–Trinajstić information content (AvgIpc) is 2.45. The third-order valence-electron chi connectivity index (χ3n) is 2.61.